The van der Waals surface area contributed by atoms with Crippen molar-refractivity contribution in [1.82, 2.24) is 5.32 Å². The standard InChI is InChI=1S/C20H17FN2O5S/c1-26-15-10-17(28-3)16(27-2)8-11(15)7-14-18(24)22-20(29)23(19(14)25)13-6-4-5-12(21)9-13/h4-10H,1-3H3,(H,22,24,29)/b14-7+. The average molecular weight is 416 g/mol. The van der Waals surface area contributed by atoms with E-state index in [1.807, 2.05) is 0 Å². The van der Waals surface area contributed by atoms with Gasteiger partial charge in [-0.15, -0.1) is 0 Å². The van der Waals surface area contributed by atoms with E-state index in [-0.39, 0.29) is 16.4 Å². The second-order valence-corrected chi connectivity index (χ2v) is 6.27. The fraction of sp³-hybridized carbons (Fsp3) is 0.150. The maximum Gasteiger partial charge on any atom is 0.270 e. The summed E-state index contributed by atoms with van der Waals surface area (Å²) < 4.78 is 29.5. The zero-order valence-corrected chi connectivity index (χ0v) is 16.6. The SMILES string of the molecule is COc1cc(OC)c(OC)cc1/C=C1\C(=O)NC(=S)N(c2cccc(F)c2)C1=O. The van der Waals surface area contributed by atoms with Crippen LogP contribution in [0.5, 0.6) is 17.2 Å². The summed E-state index contributed by atoms with van der Waals surface area (Å²) in [4.78, 5) is 26.5. The quantitative estimate of drug-likeness (QED) is 0.459. The van der Waals surface area contributed by atoms with Gasteiger partial charge in [0, 0.05) is 11.6 Å². The first kappa shape index (κ1) is 20.3. The van der Waals surface area contributed by atoms with Gasteiger partial charge in [-0.3, -0.25) is 19.8 Å². The number of halogens is 1. The van der Waals surface area contributed by atoms with E-state index < -0.39 is 17.6 Å². The Morgan fingerprint density at radius 1 is 1.00 bits per heavy atom. The minimum absolute atomic E-state index is 0.137. The smallest absolute Gasteiger partial charge is 0.270 e. The number of methoxy groups -OCH3 is 3. The Balaban J connectivity index is 2.09. The number of benzene rings is 2. The lowest BCUT2D eigenvalue weighted by atomic mass is 10.1. The van der Waals surface area contributed by atoms with Crippen LogP contribution in [0, 0.1) is 5.82 Å². The highest BCUT2D eigenvalue weighted by Crippen LogP contribution is 2.36. The summed E-state index contributed by atoms with van der Waals surface area (Å²) in [6, 6.07) is 8.49. The third-order valence-electron chi connectivity index (χ3n) is 4.20. The van der Waals surface area contributed by atoms with E-state index in [1.165, 1.54) is 45.6 Å². The number of ether oxygens (including phenoxy) is 3. The molecule has 7 nitrogen and oxygen atoms in total. The third kappa shape index (κ3) is 3.90. The molecule has 29 heavy (non-hydrogen) atoms. The van der Waals surface area contributed by atoms with Crippen LogP contribution < -0.4 is 24.4 Å². The number of anilines is 1. The van der Waals surface area contributed by atoms with Crippen molar-refractivity contribution in [3.63, 3.8) is 0 Å². The summed E-state index contributed by atoms with van der Waals surface area (Å²) in [5.74, 6) is -0.733. The molecule has 0 unspecified atom stereocenters. The van der Waals surface area contributed by atoms with Crippen LogP contribution in [-0.4, -0.2) is 38.3 Å². The fourth-order valence-corrected chi connectivity index (χ4v) is 3.11. The van der Waals surface area contributed by atoms with Gasteiger partial charge >= 0.3 is 0 Å². The molecule has 0 aliphatic carbocycles. The van der Waals surface area contributed by atoms with Crippen LogP contribution in [0.4, 0.5) is 10.1 Å². The van der Waals surface area contributed by atoms with E-state index in [1.54, 1.807) is 12.1 Å². The van der Waals surface area contributed by atoms with Crippen molar-refractivity contribution in [3.05, 3.63) is 53.4 Å². The Hall–Kier alpha value is -3.46. The highest BCUT2D eigenvalue weighted by Gasteiger charge is 2.35. The molecule has 0 spiro atoms. The molecular weight excluding hydrogens is 399 g/mol. The van der Waals surface area contributed by atoms with Gasteiger partial charge in [-0.05, 0) is 42.6 Å². The number of rotatable bonds is 5. The molecule has 9 heteroatoms. The minimum atomic E-state index is -0.693. The second kappa shape index (κ2) is 8.27. The molecule has 0 aromatic heterocycles. The monoisotopic (exact) mass is 416 g/mol. The van der Waals surface area contributed by atoms with Crippen LogP contribution in [0.1, 0.15) is 5.56 Å². The highest BCUT2D eigenvalue weighted by atomic mass is 32.1. The first-order chi connectivity index (χ1) is 13.9. The molecule has 2 aromatic rings. The Morgan fingerprint density at radius 2 is 1.66 bits per heavy atom. The lowest BCUT2D eigenvalue weighted by Gasteiger charge is -2.29. The molecule has 1 saturated heterocycles. The average Bonchev–Trinajstić information content (AvgIpc) is 2.70. The number of carbonyl (C=O) groups excluding carboxylic acids is 2. The van der Waals surface area contributed by atoms with Crippen LogP contribution in [-0.2, 0) is 9.59 Å². The zero-order valence-electron chi connectivity index (χ0n) is 15.8. The molecule has 0 bridgehead atoms. The number of nitrogens with one attached hydrogen (secondary N) is 1. The molecule has 1 fully saturated rings. The largest absolute Gasteiger partial charge is 0.496 e. The first-order valence-electron chi connectivity index (χ1n) is 8.36. The predicted octanol–water partition coefficient (Wildman–Crippen LogP) is 2.68. The number of hydrogen-bond donors (Lipinski definition) is 1. The van der Waals surface area contributed by atoms with Crippen molar-refractivity contribution in [3.8, 4) is 17.2 Å². The Morgan fingerprint density at radius 3 is 2.28 bits per heavy atom. The molecule has 1 N–H and O–H groups in total. The van der Waals surface area contributed by atoms with Gasteiger partial charge in [0.05, 0.1) is 27.0 Å². The number of thiocarbonyl (C=S) groups is 1. The minimum Gasteiger partial charge on any atom is -0.496 e. The van der Waals surface area contributed by atoms with E-state index in [4.69, 9.17) is 26.4 Å². The summed E-state index contributed by atoms with van der Waals surface area (Å²) in [5.41, 5.74) is 0.411. The molecule has 1 heterocycles. The van der Waals surface area contributed by atoms with Crippen molar-refractivity contribution in [1.29, 1.82) is 0 Å². The lowest BCUT2D eigenvalue weighted by Crippen LogP contribution is -2.54. The number of hydrogen-bond acceptors (Lipinski definition) is 6. The first-order valence-corrected chi connectivity index (χ1v) is 8.77. The van der Waals surface area contributed by atoms with Gasteiger partial charge < -0.3 is 14.2 Å². The van der Waals surface area contributed by atoms with Gasteiger partial charge in [0.1, 0.15) is 17.1 Å². The van der Waals surface area contributed by atoms with Crippen LogP contribution in [0.15, 0.2) is 42.0 Å². The van der Waals surface area contributed by atoms with Crippen molar-refractivity contribution in [2.24, 2.45) is 0 Å². The van der Waals surface area contributed by atoms with E-state index in [2.05, 4.69) is 5.32 Å². The van der Waals surface area contributed by atoms with Gasteiger partial charge in [-0.2, -0.15) is 0 Å². The number of nitrogens with zero attached hydrogens (tertiary/aromatic N) is 1. The lowest BCUT2D eigenvalue weighted by molar-refractivity contribution is -0.122. The van der Waals surface area contributed by atoms with Crippen molar-refractivity contribution >= 4 is 40.9 Å². The molecule has 1 aliphatic rings. The van der Waals surface area contributed by atoms with Crippen LogP contribution >= 0.6 is 12.2 Å². The topological polar surface area (TPSA) is 77.1 Å². The second-order valence-electron chi connectivity index (χ2n) is 5.89. The summed E-state index contributed by atoms with van der Waals surface area (Å²) in [6.45, 7) is 0. The van der Waals surface area contributed by atoms with Crippen molar-refractivity contribution in [2.45, 2.75) is 0 Å². The molecule has 0 atom stereocenters. The fourth-order valence-electron chi connectivity index (χ4n) is 2.83. The van der Waals surface area contributed by atoms with E-state index >= 15 is 0 Å². The molecule has 1 aliphatic heterocycles. The van der Waals surface area contributed by atoms with Gasteiger partial charge in [0.25, 0.3) is 11.8 Å². The van der Waals surface area contributed by atoms with Gasteiger partial charge in [-0.25, -0.2) is 4.39 Å². The van der Waals surface area contributed by atoms with E-state index in [0.29, 0.717) is 22.8 Å². The van der Waals surface area contributed by atoms with Crippen LogP contribution in [0.3, 0.4) is 0 Å². The molecule has 0 saturated carbocycles. The van der Waals surface area contributed by atoms with Gasteiger partial charge in [-0.1, -0.05) is 6.07 Å². The van der Waals surface area contributed by atoms with Gasteiger partial charge in [0.2, 0.25) is 0 Å². The zero-order chi connectivity index (χ0) is 21.1. The van der Waals surface area contributed by atoms with Gasteiger partial charge in [0.15, 0.2) is 16.6 Å². The summed E-state index contributed by atoms with van der Waals surface area (Å²) >= 11 is 5.11. The molecule has 2 amide bonds. The summed E-state index contributed by atoms with van der Waals surface area (Å²) in [6.07, 6.45) is 1.35. The van der Waals surface area contributed by atoms with Crippen molar-refractivity contribution < 1.29 is 28.2 Å². The molecule has 0 radical (unpaired) electrons. The predicted molar refractivity (Wildman–Crippen MR) is 109 cm³/mol. The highest BCUT2D eigenvalue weighted by molar-refractivity contribution is 7.80. The number of amides is 2. The summed E-state index contributed by atoms with van der Waals surface area (Å²) in [5, 5.41) is 2.31. The maximum atomic E-state index is 13.6. The van der Waals surface area contributed by atoms with E-state index in [9.17, 15) is 14.0 Å². The molecule has 3 rings (SSSR count). The Bertz CT molecular complexity index is 1040. The Labute approximate surface area is 171 Å². The normalized spacial score (nSPS) is 15.4. The third-order valence-corrected chi connectivity index (χ3v) is 4.49. The maximum absolute atomic E-state index is 13.6. The molecule has 2 aromatic carbocycles. The van der Waals surface area contributed by atoms with Crippen LogP contribution in [0.2, 0.25) is 0 Å². The number of carbonyl (C=O) groups is 2. The van der Waals surface area contributed by atoms with E-state index in [0.717, 1.165) is 11.0 Å². The van der Waals surface area contributed by atoms with Crippen LogP contribution in [0.25, 0.3) is 6.08 Å². The molecule has 150 valence electrons. The molecular formula is C20H17FN2O5S. The summed E-state index contributed by atoms with van der Waals surface area (Å²) in [7, 11) is 4.38. The van der Waals surface area contributed by atoms with Crippen molar-refractivity contribution in [2.75, 3.05) is 26.2 Å². The Kier molecular flexibility index (Phi) is 5.79.